The van der Waals surface area contributed by atoms with Gasteiger partial charge in [-0.1, -0.05) is 22.9 Å². The highest BCUT2D eigenvalue weighted by Crippen LogP contribution is 2.33. The van der Waals surface area contributed by atoms with Gasteiger partial charge in [0.05, 0.1) is 15.8 Å². The molecule has 3 nitrogen and oxygen atoms in total. The second-order valence-corrected chi connectivity index (χ2v) is 6.19. The van der Waals surface area contributed by atoms with Gasteiger partial charge in [-0.3, -0.25) is 0 Å². The molecule has 0 amide bonds. The number of hydrogen-bond donors (Lipinski definition) is 0. The van der Waals surface area contributed by atoms with Crippen molar-refractivity contribution in [3.63, 3.8) is 0 Å². The SMILES string of the molecule is Fc1cc(F)c(C(Cl)=Nc2nc3ccc(OC(F)(F)F)cc3s2)c(F)c1. The van der Waals surface area contributed by atoms with Crippen LogP contribution >= 0.6 is 22.9 Å². The molecule has 1 heterocycles. The molecule has 0 spiro atoms. The van der Waals surface area contributed by atoms with Crippen molar-refractivity contribution >= 4 is 43.5 Å². The molecule has 26 heavy (non-hydrogen) atoms. The number of thiazole rings is 1. The maximum Gasteiger partial charge on any atom is 0.573 e. The summed E-state index contributed by atoms with van der Waals surface area (Å²) in [5.74, 6) is -4.08. The topological polar surface area (TPSA) is 34.5 Å². The zero-order valence-corrected chi connectivity index (χ0v) is 13.8. The van der Waals surface area contributed by atoms with Crippen molar-refractivity contribution in [1.82, 2.24) is 4.98 Å². The van der Waals surface area contributed by atoms with E-state index in [2.05, 4.69) is 14.7 Å². The second-order valence-electron chi connectivity index (χ2n) is 4.82. The van der Waals surface area contributed by atoms with E-state index in [0.717, 1.165) is 23.5 Å². The lowest BCUT2D eigenvalue weighted by Crippen LogP contribution is -2.16. The number of nitrogens with zero attached hydrogens (tertiary/aromatic N) is 2. The minimum Gasteiger partial charge on any atom is -0.406 e. The van der Waals surface area contributed by atoms with E-state index < -0.39 is 40.3 Å². The summed E-state index contributed by atoms with van der Waals surface area (Å²) in [7, 11) is 0. The van der Waals surface area contributed by atoms with E-state index in [-0.39, 0.29) is 15.3 Å². The van der Waals surface area contributed by atoms with Crippen molar-refractivity contribution in [2.24, 2.45) is 4.99 Å². The molecule has 3 rings (SSSR count). The fourth-order valence-corrected chi connectivity index (χ4v) is 3.20. The molecule has 0 N–H and O–H groups in total. The zero-order valence-electron chi connectivity index (χ0n) is 12.2. The number of halogens is 7. The van der Waals surface area contributed by atoms with Gasteiger partial charge in [0.2, 0.25) is 5.13 Å². The molecule has 0 unspecified atom stereocenters. The van der Waals surface area contributed by atoms with E-state index in [1.807, 2.05) is 0 Å². The van der Waals surface area contributed by atoms with E-state index >= 15 is 0 Å². The molecule has 2 aromatic carbocycles. The Morgan fingerprint density at radius 3 is 2.35 bits per heavy atom. The summed E-state index contributed by atoms with van der Waals surface area (Å²) in [5, 5.41) is -0.678. The van der Waals surface area contributed by atoms with E-state index in [1.54, 1.807) is 0 Å². The van der Waals surface area contributed by atoms with Crippen LogP contribution in [-0.4, -0.2) is 16.5 Å². The van der Waals surface area contributed by atoms with Crippen LogP contribution in [0, 0.1) is 17.5 Å². The van der Waals surface area contributed by atoms with Crippen molar-refractivity contribution in [1.29, 1.82) is 0 Å². The number of benzene rings is 2. The van der Waals surface area contributed by atoms with E-state index in [0.29, 0.717) is 12.1 Å². The largest absolute Gasteiger partial charge is 0.573 e. The Labute approximate surface area is 150 Å². The first-order valence-electron chi connectivity index (χ1n) is 6.68. The van der Waals surface area contributed by atoms with Crippen LogP contribution in [0.25, 0.3) is 10.2 Å². The third-order valence-electron chi connectivity index (χ3n) is 2.99. The van der Waals surface area contributed by atoms with Gasteiger partial charge in [0.1, 0.15) is 28.4 Å². The van der Waals surface area contributed by atoms with Crippen molar-refractivity contribution in [3.05, 3.63) is 53.3 Å². The third kappa shape index (κ3) is 4.07. The van der Waals surface area contributed by atoms with E-state index in [4.69, 9.17) is 11.6 Å². The van der Waals surface area contributed by atoms with Crippen molar-refractivity contribution in [2.45, 2.75) is 6.36 Å². The Hall–Kier alpha value is -2.33. The molecular formula is C15H5ClF6N2OS. The van der Waals surface area contributed by atoms with Gasteiger partial charge in [0, 0.05) is 18.2 Å². The van der Waals surface area contributed by atoms with Crippen LogP contribution < -0.4 is 4.74 Å². The molecule has 0 saturated heterocycles. The van der Waals surface area contributed by atoms with Crippen LogP contribution in [0.1, 0.15) is 5.56 Å². The molecule has 0 radical (unpaired) electrons. The Morgan fingerprint density at radius 1 is 1.08 bits per heavy atom. The number of aromatic nitrogens is 1. The molecule has 3 aromatic rings. The number of hydrogen-bond acceptors (Lipinski definition) is 4. The lowest BCUT2D eigenvalue weighted by Gasteiger charge is -2.07. The first-order chi connectivity index (χ1) is 12.1. The van der Waals surface area contributed by atoms with Gasteiger partial charge in [-0.15, -0.1) is 13.2 Å². The molecule has 0 aliphatic carbocycles. The van der Waals surface area contributed by atoms with Crippen LogP contribution in [-0.2, 0) is 0 Å². The smallest absolute Gasteiger partial charge is 0.406 e. The number of ether oxygens (including phenoxy) is 1. The summed E-state index contributed by atoms with van der Waals surface area (Å²) in [4.78, 5) is 7.73. The quantitative estimate of drug-likeness (QED) is 0.396. The Balaban J connectivity index is 1.97. The predicted octanol–water partition coefficient (Wildman–Crippen LogP) is 5.93. The Morgan fingerprint density at radius 2 is 1.73 bits per heavy atom. The average Bonchev–Trinajstić information content (AvgIpc) is 2.85. The van der Waals surface area contributed by atoms with Crippen molar-refractivity contribution < 1.29 is 31.1 Å². The summed E-state index contributed by atoms with van der Waals surface area (Å²) in [6.45, 7) is 0. The maximum atomic E-state index is 13.7. The first kappa shape index (κ1) is 18.5. The highest BCUT2D eigenvalue weighted by molar-refractivity contribution is 7.22. The molecule has 1 aromatic heterocycles. The van der Waals surface area contributed by atoms with Crippen LogP contribution in [0.5, 0.6) is 5.75 Å². The van der Waals surface area contributed by atoms with Gasteiger partial charge in [0.15, 0.2) is 0 Å². The van der Waals surface area contributed by atoms with Crippen LogP contribution in [0.3, 0.4) is 0 Å². The fourth-order valence-electron chi connectivity index (χ4n) is 2.02. The zero-order chi connectivity index (χ0) is 19.1. The van der Waals surface area contributed by atoms with Crippen LogP contribution in [0.2, 0.25) is 0 Å². The maximum absolute atomic E-state index is 13.7. The number of aliphatic imine (C=N–C) groups is 1. The molecule has 0 aliphatic rings. The van der Waals surface area contributed by atoms with Crippen LogP contribution in [0.15, 0.2) is 35.3 Å². The first-order valence-corrected chi connectivity index (χ1v) is 7.87. The lowest BCUT2D eigenvalue weighted by atomic mass is 10.2. The Kier molecular flexibility index (Phi) is 4.80. The molecule has 0 saturated carbocycles. The van der Waals surface area contributed by atoms with E-state index in [1.165, 1.54) is 6.07 Å². The minimum atomic E-state index is -4.85. The normalized spacial score (nSPS) is 12.7. The number of alkyl halides is 3. The number of rotatable bonds is 3. The monoisotopic (exact) mass is 410 g/mol. The van der Waals surface area contributed by atoms with E-state index in [9.17, 15) is 26.3 Å². The molecule has 0 aliphatic heterocycles. The molecule has 0 fully saturated rings. The predicted molar refractivity (Wildman–Crippen MR) is 84.7 cm³/mol. The average molecular weight is 411 g/mol. The van der Waals surface area contributed by atoms with Gasteiger partial charge < -0.3 is 4.74 Å². The Bertz CT molecular complexity index is 994. The summed E-state index contributed by atoms with van der Waals surface area (Å²) in [6.07, 6.45) is -4.85. The van der Waals surface area contributed by atoms with Gasteiger partial charge in [-0.2, -0.15) is 0 Å². The minimum absolute atomic E-state index is 0.0581. The summed E-state index contributed by atoms with van der Waals surface area (Å²) in [5.41, 5.74) is -0.457. The van der Waals surface area contributed by atoms with Gasteiger partial charge >= 0.3 is 6.36 Å². The highest BCUT2D eigenvalue weighted by Gasteiger charge is 2.31. The van der Waals surface area contributed by atoms with Gasteiger partial charge in [-0.25, -0.2) is 23.1 Å². The fraction of sp³-hybridized carbons (Fsp3) is 0.0667. The van der Waals surface area contributed by atoms with Gasteiger partial charge in [-0.05, 0) is 12.1 Å². The van der Waals surface area contributed by atoms with Crippen LogP contribution in [0.4, 0.5) is 31.5 Å². The van der Waals surface area contributed by atoms with Crippen molar-refractivity contribution in [3.8, 4) is 5.75 Å². The van der Waals surface area contributed by atoms with Gasteiger partial charge in [0.25, 0.3) is 0 Å². The molecule has 0 atom stereocenters. The lowest BCUT2D eigenvalue weighted by molar-refractivity contribution is -0.274. The molecule has 11 heteroatoms. The molecule has 136 valence electrons. The third-order valence-corrected chi connectivity index (χ3v) is 4.17. The van der Waals surface area contributed by atoms with Crippen molar-refractivity contribution in [2.75, 3.05) is 0 Å². The highest BCUT2D eigenvalue weighted by atomic mass is 35.5. The molecular weight excluding hydrogens is 406 g/mol. The molecule has 0 bridgehead atoms. The summed E-state index contributed by atoms with van der Waals surface area (Å²) in [6, 6.07) is 4.29. The standard InChI is InChI=1S/C15H5ClF6N2OS/c16-13(12-8(18)3-6(17)4-9(12)19)24-14-23-10-2-1-7(5-11(10)26-14)25-15(20,21)22/h1-5H. The number of fused-ring (bicyclic) bond motifs is 1. The summed E-state index contributed by atoms with van der Waals surface area (Å²) < 4.78 is 81.1. The second kappa shape index (κ2) is 6.76. The summed E-state index contributed by atoms with van der Waals surface area (Å²) >= 11 is 6.62.